The van der Waals surface area contributed by atoms with Crippen LogP contribution >= 0.6 is 0 Å². The van der Waals surface area contributed by atoms with Gasteiger partial charge in [0.15, 0.2) is 11.5 Å². The molecular formula is C24H27N5O4. The van der Waals surface area contributed by atoms with Crippen molar-refractivity contribution in [2.75, 3.05) is 11.1 Å². The van der Waals surface area contributed by atoms with E-state index in [1.165, 1.54) is 12.4 Å². The van der Waals surface area contributed by atoms with Gasteiger partial charge in [0, 0.05) is 23.7 Å². The zero-order valence-corrected chi connectivity index (χ0v) is 18.5. The number of hydrogen-bond donors (Lipinski definition) is 4. The fourth-order valence-corrected chi connectivity index (χ4v) is 4.09. The zero-order valence-electron chi connectivity index (χ0n) is 18.5. The van der Waals surface area contributed by atoms with E-state index in [2.05, 4.69) is 20.3 Å². The molecule has 0 spiro atoms. The third-order valence-corrected chi connectivity index (χ3v) is 6.17. The number of carbonyl (C=O) groups excluding carboxylic acids is 1. The van der Waals surface area contributed by atoms with Gasteiger partial charge < -0.3 is 26.0 Å². The lowest BCUT2D eigenvalue weighted by molar-refractivity contribution is -0.224. The maximum absolute atomic E-state index is 13.1. The minimum atomic E-state index is -1.32. The molecule has 1 aliphatic heterocycles. The van der Waals surface area contributed by atoms with Crippen LogP contribution in [0.1, 0.15) is 48.8 Å². The lowest BCUT2D eigenvalue weighted by Gasteiger charge is -2.45. The Hall–Kier alpha value is -3.40. The molecule has 0 saturated carbocycles. The molecule has 2 aromatic heterocycles. The summed E-state index contributed by atoms with van der Waals surface area (Å²) in [6.07, 6.45) is 2.92. The summed E-state index contributed by atoms with van der Waals surface area (Å²) in [4.78, 5) is 25.8. The maximum Gasteiger partial charge on any atom is 0.276 e. The van der Waals surface area contributed by atoms with Crippen molar-refractivity contribution in [3.8, 4) is 11.4 Å². The van der Waals surface area contributed by atoms with Gasteiger partial charge in [0.05, 0.1) is 42.1 Å². The molecule has 0 unspecified atom stereocenters. The van der Waals surface area contributed by atoms with Crippen LogP contribution in [0.2, 0.25) is 0 Å². The quantitative estimate of drug-likeness (QED) is 0.465. The number of amides is 1. The molecule has 4 atom stereocenters. The van der Waals surface area contributed by atoms with Gasteiger partial charge in [-0.3, -0.25) is 9.78 Å². The number of nitrogens with zero attached hydrogens (tertiary/aromatic N) is 3. The minimum absolute atomic E-state index is 0.0389. The van der Waals surface area contributed by atoms with E-state index in [1.807, 2.05) is 30.3 Å². The molecule has 3 heterocycles. The predicted molar refractivity (Wildman–Crippen MR) is 123 cm³/mol. The molecule has 9 heteroatoms. The highest BCUT2D eigenvalue weighted by molar-refractivity contribution is 6.06. The number of anilines is 2. The third kappa shape index (κ3) is 4.43. The summed E-state index contributed by atoms with van der Waals surface area (Å²) in [6.45, 7) is 3.53. The van der Waals surface area contributed by atoms with Crippen LogP contribution in [-0.2, 0) is 4.74 Å². The molecule has 0 bridgehead atoms. The highest BCUT2D eigenvalue weighted by Gasteiger charge is 2.47. The van der Waals surface area contributed by atoms with E-state index in [0.717, 1.165) is 5.56 Å². The van der Waals surface area contributed by atoms with Gasteiger partial charge >= 0.3 is 0 Å². The van der Waals surface area contributed by atoms with Crippen molar-refractivity contribution in [1.29, 1.82) is 0 Å². The summed E-state index contributed by atoms with van der Waals surface area (Å²) in [7, 11) is 0. The van der Waals surface area contributed by atoms with Crippen LogP contribution in [0.3, 0.4) is 0 Å². The van der Waals surface area contributed by atoms with Crippen molar-refractivity contribution in [3.63, 3.8) is 0 Å². The van der Waals surface area contributed by atoms with Gasteiger partial charge in [-0.15, -0.1) is 0 Å². The topological polar surface area (TPSA) is 143 Å². The minimum Gasteiger partial charge on any atom is -0.396 e. The Kier molecular flexibility index (Phi) is 6.37. The number of benzene rings is 1. The Morgan fingerprint density at radius 1 is 1.27 bits per heavy atom. The second kappa shape index (κ2) is 9.22. The first-order valence-electron chi connectivity index (χ1n) is 10.8. The van der Waals surface area contributed by atoms with E-state index >= 15 is 0 Å². The molecule has 5 N–H and O–H groups in total. The molecule has 3 aromatic rings. The van der Waals surface area contributed by atoms with Gasteiger partial charge in [-0.2, -0.15) is 0 Å². The average molecular weight is 450 g/mol. The van der Waals surface area contributed by atoms with E-state index < -0.39 is 29.8 Å². The van der Waals surface area contributed by atoms with Crippen LogP contribution < -0.4 is 11.1 Å². The summed E-state index contributed by atoms with van der Waals surface area (Å²) in [6, 6.07) is 11.0. The molecule has 9 nitrogen and oxygen atoms in total. The molecule has 1 aliphatic rings. The number of aliphatic hydroxyl groups excluding tert-OH is 1. The van der Waals surface area contributed by atoms with Gasteiger partial charge in [-0.1, -0.05) is 37.3 Å². The summed E-state index contributed by atoms with van der Waals surface area (Å²) in [5.74, 6) is -0.136. The Morgan fingerprint density at radius 3 is 2.73 bits per heavy atom. The van der Waals surface area contributed by atoms with E-state index in [-0.39, 0.29) is 17.8 Å². The largest absolute Gasteiger partial charge is 0.396 e. The van der Waals surface area contributed by atoms with Crippen molar-refractivity contribution < 1.29 is 19.7 Å². The molecule has 33 heavy (non-hydrogen) atoms. The van der Waals surface area contributed by atoms with Gasteiger partial charge in [0.25, 0.3) is 5.91 Å². The standard InChI is InChI=1S/C24H27N5O4/c1-3-24(32)14(2)33-19(11-20(24)30)16-9-10-26-13-18(16)28-23(31)21-17(25)12-27-22(29-21)15-7-5-4-6-8-15/h4-10,12-14,19-20,30,32H,3,11,25H2,1-2H3,(H,28,31)/t14-,19-,20-,24-/m1/s1. The Labute approximate surface area is 191 Å². The van der Waals surface area contributed by atoms with Crippen LogP contribution in [-0.4, -0.2) is 48.9 Å². The summed E-state index contributed by atoms with van der Waals surface area (Å²) in [5.41, 5.74) is 6.66. The molecule has 1 amide bonds. The van der Waals surface area contributed by atoms with Gasteiger partial charge in [0.2, 0.25) is 0 Å². The van der Waals surface area contributed by atoms with Crippen molar-refractivity contribution >= 4 is 17.3 Å². The number of nitrogens with one attached hydrogen (secondary N) is 1. The fraction of sp³-hybridized carbons (Fsp3) is 0.333. The second-order valence-electron chi connectivity index (χ2n) is 8.14. The van der Waals surface area contributed by atoms with Crippen LogP contribution in [0.15, 0.2) is 55.0 Å². The Bertz CT molecular complexity index is 1130. The van der Waals surface area contributed by atoms with Crippen LogP contribution in [0.5, 0.6) is 0 Å². The van der Waals surface area contributed by atoms with E-state index in [4.69, 9.17) is 10.5 Å². The molecule has 1 aromatic carbocycles. The third-order valence-electron chi connectivity index (χ3n) is 6.17. The number of aliphatic hydroxyl groups is 2. The molecule has 4 rings (SSSR count). The van der Waals surface area contributed by atoms with Gasteiger partial charge in [-0.25, -0.2) is 9.97 Å². The smallest absolute Gasteiger partial charge is 0.276 e. The van der Waals surface area contributed by atoms with E-state index in [1.54, 1.807) is 26.1 Å². The van der Waals surface area contributed by atoms with E-state index in [0.29, 0.717) is 23.5 Å². The fourth-order valence-electron chi connectivity index (χ4n) is 4.09. The van der Waals surface area contributed by atoms with Crippen molar-refractivity contribution in [2.24, 2.45) is 0 Å². The number of nitrogen functional groups attached to an aromatic ring is 1. The number of ether oxygens (including phenoxy) is 1. The molecule has 1 saturated heterocycles. The lowest BCUT2D eigenvalue weighted by atomic mass is 9.81. The first-order chi connectivity index (χ1) is 15.8. The number of nitrogens with two attached hydrogens (primary N) is 1. The van der Waals surface area contributed by atoms with Gasteiger partial charge in [-0.05, 0) is 19.4 Å². The average Bonchev–Trinajstić information content (AvgIpc) is 2.83. The van der Waals surface area contributed by atoms with Crippen LogP contribution in [0.25, 0.3) is 11.4 Å². The lowest BCUT2D eigenvalue weighted by Crippen LogP contribution is -2.56. The monoisotopic (exact) mass is 449 g/mol. The van der Waals surface area contributed by atoms with E-state index in [9.17, 15) is 15.0 Å². The molecule has 0 aliphatic carbocycles. The summed E-state index contributed by atoms with van der Waals surface area (Å²) < 4.78 is 6.04. The number of rotatable bonds is 5. The maximum atomic E-state index is 13.1. The number of aromatic nitrogens is 3. The molecular weight excluding hydrogens is 422 g/mol. The molecule has 1 fully saturated rings. The SMILES string of the molecule is CC[C@]1(O)[C@H](O)C[C@H](c2ccncc2NC(=O)c2nc(-c3ccccc3)ncc2N)O[C@@H]1C. The highest BCUT2D eigenvalue weighted by atomic mass is 16.5. The normalized spacial score (nSPS) is 24.9. The first kappa shape index (κ1) is 22.8. The van der Waals surface area contributed by atoms with Crippen molar-refractivity contribution in [3.05, 3.63) is 66.2 Å². The molecule has 0 radical (unpaired) electrons. The van der Waals surface area contributed by atoms with Crippen molar-refractivity contribution in [2.45, 2.75) is 50.6 Å². The van der Waals surface area contributed by atoms with Crippen LogP contribution in [0, 0.1) is 0 Å². The summed E-state index contributed by atoms with van der Waals surface area (Å²) in [5, 5.41) is 24.1. The summed E-state index contributed by atoms with van der Waals surface area (Å²) >= 11 is 0. The van der Waals surface area contributed by atoms with Crippen molar-refractivity contribution in [1.82, 2.24) is 15.0 Å². The zero-order chi connectivity index (χ0) is 23.6. The van der Waals surface area contributed by atoms with Gasteiger partial charge in [0.1, 0.15) is 5.60 Å². The second-order valence-corrected chi connectivity index (χ2v) is 8.14. The highest BCUT2D eigenvalue weighted by Crippen LogP contribution is 2.40. The number of carbonyl (C=O) groups is 1. The first-order valence-corrected chi connectivity index (χ1v) is 10.8. The Morgan fingerprint density at radius 2 is 2.03 bits per heavy atom. The predicted octanol–water partition coefficient (Wildman–Crippen LogP) is 2.73. The number of hydrogen-bond acceptors (Lipinski definition) is 8. The van der Waals surface area contributed by atoms with Crippen LogP contribution in [0.4, 0.5) is 11.4 Å². The Balaban J connectivity index is 1.60. The molecule has 172 valence electrons. The number of pyridine rings is 1.